The fraction of sp³-hybridized carbons (Fsp3) is 0.833. The summed E-state index contributed by atoms with van der Waals surface area (Å²) in [6.07, 6.45) is 3.87. The monoisotopic (exact) mass is 166 g/mol. The summed E-state index contributed by atoms with van der Waals surface area (Å²) in [5.41, 5.74) is 1.98. The van der Waals surface area contributed by atoms with E-state index < -0.39 is 0 Å². The normalized spacial score (nSPS) is 43.2. The lowest BCUT2D eigenvalue weighted by molar-refractivity contribution is 0.0953. The third-order valence-electron chi connectivity index (χ3n) is 4.39. The van der Waals surface area contributed by atoms with Crippen molar-refractivity contribution in [1.82, 2.24) is 0 Å². The highest BCUT2D eigenvalue weighted by Crippen LogP contribution is 2.48. The molecule has 0 bridgehead atoms. The van der Waals surface area contributed by atoms with Crippen LogP contribution in [0.4, 0.5) is 0 Å². The largest absolute Gasteiger partial charge is 0.0996 e. The molecule has 1 saturated carbocycles. The molecule has 0 aliphatic heterocycles. The first-order valence-electron chi connectivity index (χ1n) is 5.20. The standard InChI is InChI=1S/C12H22/c1-6-12(5)10(3)8-7-9(2)11(12)4/h10-11H,2,6-8H2,1,3-5H3/t10-,11+,12+/m1/s1. The van der Waals surface area contributed by atoms with Gasteiger partial charge in [-0.1, -0.05) is 39.8 Å². The van der Waals surface area contributed by atoms with Gasteiger partial charge in [0, 0.05) is 0 Å². The van der Waals surface area contributed by atoms with Crippen LogP contribution in [0.2, 0.25) is 0 Å². The van der Waals surface area contributed by atoms with Crippen LogP contribution >= 0.6 is 0 Å². The minimum Gasteiger partial charge on any atom is -0.0996 e. The van der Waals surface area contributed by atoms with E-state index in [-0.39, 0.29) is 0 Å². The molecule has 0 aromatic rings. The van der Waals surface area contributed by atoms with Gasteiger partial charge in [-0.05, 0) is 36.5 Å². The van der Waals surface area contributed by atoms with Crippen LogP contribution in [-0.4, -0.2) is 0 Å². The minimum atomic E-state index is 0.509. The molecule has 1 aliphatic carbocycles. The van der Waals surface area contributed by atoms with Crippen molar-refractivity contribution >= 4 is 0 Å². The molecule has 1 fully saturated rings. The predicted molar refractivity (Wildman–Crippen MR) is 55.1 cm³/mol. The Morgan fingerprint density at radius 3 is 2.50 bits per heavy atom. The second-order valence-corrected chi connectivity index (χ2v) is 4.68. The molecular formula is C12H22. The first-order chi connectivity index (χ1) is 5.52. The second kappa shape index (κ2) is 3.24. The molecule has 0 amide bonds. The molecule has 1 aliphatic rings. The first kappa shape index (κ1) is 9.83. The molecule has 3 atom stereocenters. The smallest absolute Gasteiger partial charge is 0.0178 e. The summed E-state index contributed by atoms with van der Waals surface area (Å²) < 4.78 is 0. The summed E-state index contributed by atoms with van der Waals surface area (Å²) in [5.74, 6) is 1.58. The highest BCUT2D eigenvalue weighted by atomic mass is 14.4. The third kappa shape index (κ3) is 1.32. The van der Waals surface area contributed by atoms with Crippen LogP contribution in [0.25, 0.3) is 0 Å². The van der Waals surface area contributed by atoms with Crippen LogP contribution in [0.1, 0.15) is 47.0 Å². The summed E-state index contributed by atoms with van der Waals surface area (Å²) in [5, 5.41) is 0. The van der Waals surface area contributed by atoms with Gasteiger partial charge in [-0.3, -0.25) is 0 Å². The zero-order valence-corrected chi connectivity index (χ0v) is 8.98. The van der Waals surface area contributed by atoms with Crippen molar-refractivity contribution in [3.05, 3.63) is 12.2 Å². The summed E-state index contributed by atoms with van der Waals surface area (Å²) in [6, 6.07) is 0. The molecule has 0 aromatic heterocycles. The molecule has 1 rings (SSSR count). The van der Waals surface area contributed by atoms with Gasteiger partial charge in [-0.25, -0.2) is 0 Å². The fourth-order valence-corrected chi connectivity index (χ4v) is 2.50. The Morgan fingerprint density at radius 2 is 2.08 bits per heavy atom. The van der Waals surface area contributed by atoms with Crippen LogP contribution in [0, 0.1) is 17.3 Å². The van der Waals surface area contributed by atoms with Crippen LogP contribution in [0.3, 0.4) is 0 Å². The lowest BCUT2D eigenvalue weighted by Gasteiger charge is -2.45. The molecule has 0 spiro atoms. The van der Waals surface area contributed by atoms with Crippen LogP contribution < -0.4 is 0 Å². The molecular weight excluding hydrogens is 144 g/mol. The van der Waals surface area contributed by atoms with Crippen molar-refractivity contribution in [3.63, 3.8) is 0 Å². The Morgan fingerprint density at radius 1 is 1.50 bits per heavy atom. The van der Waals surface area contributed by atoms with Gasteiger partial charge in [0.25, 0.3) is 0 Å². The number of allylic oxidation sites excluding steroid dienone is 1. The number of hydrogen-bond acceptors (Lipinski definition) is 0. The molecule has 0 unspecified atom stereocenters. The molecule has 0 heteroatoms. The maximum atomic E-state index is 4.17. The fourth-order valence-electron chi connectivity index (χ4n) is 2.50. The number of hydrogen-bond donors (Lipinski definition) is 0. The van der Waals surface area contributed by atoms with E-state index in [0.29, 0.717) is 11.3 Å². The zero-order chi connectivity index (χ0) is 9.35. The molecule has 0 heterocycles. The zero-order valence-electron chi connectivity index (χ0n) is 8.98. The van der Waals surface area contributed by atoms with E-state index in [0.717, 1.165) is 5.92 Å². The predicted octanol–water partition coefficient (Wildman–Crippen LogP) is 4.02. The second-order valence-electron chi connectivity index (χ2n) is 4.68. The highest BCUT2D eigenvalue weighted by Gasteiger charge is 2.39. The van der Waals surface area contributed by atoms with Gasteiger partial charge < -0.3 is 0 Å². The van der Waals surface area contributed by atoms with Gasteiger partial charge >= 0.3 is 0 Å². The van der Waals surface area contributed by atoms with E-state index in [1.165, 1.54) is 24.8 Å². The van der Waals surface area contributed by atoms with Gasteiger partial charge in [-0.2, -0.15) is 0 Å². The Hall–Kier alpha value is -0.260. The maximum absolute atomic E-state index is 4.17. The van der Waals surface area contributed by atoms with Gasteiger partial charge in [0.15, 0.2) is 0 Å². The Balaban J connectivity index is 2.85. The van der Waals surface area contributed by atoms with Crippen molar-refractivity contribution in [2.45, 2.75) is 47.0 Å². The van der Waals surface area contributed by atoms with Gasteiger partial charge in [0.05, 0.1) is 0 Å². The Kier molecular flexibility index (Phi) is 2.65. The Bertz CT molecular complexity index is 180. The van der Waals surface area contributed by atoms with E-state index in [2.05, 4.69) is 34.3 Å². The quantitative estimate of drug-likeness (QED) is 0.516. The summed E-state index contributed by atoms with van der Waals surface area (Å²) >= 11 is 0. The van der Waals surface area contributed by atoms with Crippen LogP contribution in [-0.2, 0) is 0 Å². The maximum Gasteiger partial charge on any atom is -0.0178 e. The minimum absolute atomic E-state index is 0.509. The van der Waals surface area contributed by atoms with E-state index in [1.54, 1.807) is 0 Å². The van der Waals surface area contributed by atoms with Crippen molar-refractivity contribution in [2.75, 3.05) is 0 Å². The van der Waals surface area contributed by atoms with Crippen LogP contribution in [0.15, 0.2) is 12.2 Å². The first-order valence-corrected chi connectivity index (χ1v) is 5.20. The van der Waals surface area contributed by atoms with Gasteiger partial charge in [0.1, 0.15) is 0 Å². The molecule has 0 aromatic carbocycles. The molecule has 0 N–H and O–H groups in total. The van der Waals surface area contributed by atoms with Crippen molar-refractivity contribution in [1.29, 1.82) is 0 Å². The third-order valence-corrected chi connectivity index (χ3v) is 4.39. The topological polar surface area (TPSA) is 0 Å². The van der Waals surface area contributed by atoms with Crippen LogP contribution in [0.5, 0.6) is 0 Å². The Labute approximate surface area is 77.1 Å². The molecule has 12 heavy (non-hydrogen) atoms. The molecule has 0 radical (unpaired) electrons. The molecule has 0 saturated heterocycles. The summed E-state index contributed by atoms with van der Waals surface area (Å²) in [4.78, 5) is 0. The van der Waals surface area contributed by atoms with Crippen molar-refractivity contribution < 1.29 is 0 Å². The number of rotatable bonds is 1. The molecule has 70 valence electrons. The van der Waals surface area contributed by atoms with Crippen molar-refractivity contribution in [2.24, 2.45) is 17.3 Å². The highest BCUT2D eigenvalue weighted by molar-refractivity contribution is 5.10. The average Bonchev–Trinajstić information content (AvgIpc) is 2.08. The van der Waals surface area contributed by atoms with Gasteiger partial charge in [-0.15, -0.1) is 0 Å². The van der Waals surface area contributed by atoms with E-state index >= 15 is 0 Å². The van der Waals surface area contributed by atoms with E-state index in [4.69, 9.17) is 0 Å². The van der Waals surface area contributed by atoms with Crippen molar-refractivity contribution in [3.8, 4) is 0 Å². The average molecular weight is 166 g/mol. The lowest BCUT2D eigenvalue weighted by Crippen LogP contribution is -2.36. The summed E-state index contributed by atoms with van der Waals surface area (Å²) in [6.45, 7) is 13.7. The van der Waals surface area contributed by atoms with E-state index in [1.807, 2.05) is 0 Å². The summed E-state index contributed by atoms with van der Waals surface area (Å²) in [7, 11) is 0. The SMILES string of the molecule is C=C1CC[C@@H](C)[C@](C)(CC)[C@H]1C. The molecule has 0 nitrogen and oxygen atoms in total. The van der Waals surface area contributed by atoms with E-state index in [9.17, 15) is 0 Å². The van der Waals surface area contributed by atoms with Gasteiger partial charge in [0.2, 0.25) is 0 Å². The lowest BCUT2D eigenvalue weighted by atomic mass is 9.59.